The molecule has 0 atom stereocenters. The number of para-hydroxylation sites is 3. The molecule has 0 fully saturated rings. The molecule has 0 bridgehead atoms. The minimum atomic E-state index is 0.565. The van der Waals surface area contributed by atoms with Crippen LogP contribution in [0.2, 0.25) is 0 Å². The monoisotopic (exact) mass is 561 g/mol. The first kappa shape index (κ1) is 23.5. The Kier molecular flexibility index (Phi) is 4.66. The number of hydrogen-bond acceptors (Lipinski definition) is 3. The smallest absolute Gasteiger partial charge is 0.255 e. The zero-order valence-electron chi connectivity index (χ0n) is 23.5. The molecule has 10 rings (SSSR count). The Balaban J connectivity index is 1.36. The van der Waals surface area contributed by atoms with Crippen molar-refractivity contribution in [1.29, 1.82) is 0 Å². The van der Waals surface area contributed by atoms with Gasteiger partial charge in [-0.15, -0.1) is 10.2 Å². The lowest BCUT2D eigenvalue weighted by molar-refractivity contribution is 0.926. The summed E-state index contributed by atoms with van der Waals surface area (Å²) in [5, 5.41) is 18.9. The second kappa shape index (κ2) is 8.72. The molecule has 44 heavy (non-hydrogen) atoms. The minimum absolute atomic E-state index is 0.565. The van der Waals surface area contributed by atoms with Crippen molar-refractivity contribution >= 4 is 76.2 Å². The molecule has 0 saturated carbocycles. The zero-order valence-corrected chi connectivity index (χ0v) is 23.5. The number of rotatable bonds is 2. The van der Waals surface area contributed by atoms with Crippen molar-refractivity contribution in [2.75, 3.05) is 0 Å². The third kappa shape index (κ3) is 3.05. The van der Waals surface area contributed by atoms with Gasteiger partial charge < -0.3 is 4.57 Å². The standard InChI is InChI=1S/C39H23N5/c1-2-12-24(13-3-1)43-31-20-10-8-18-29(31)35-33(43)22-23-34-36(35)30-19-9-11-21-32(30)44(34)39-40-37-27-16-6-4-14-25(27)26-15-5-7-17-28(26)38(37)41-42-39/h1-23H. The van der Waals surface area contributed by atoms with Crippen LogP contribution in [-0.4, -0.2) is 24.3 Å². The Morgan fingerprint density at radius 1 is 0.341 bits per heavy atom. The van der Waals surface area contributed by atoms with E-state index < -0.39 is 0 Å². The summed E-state index contributed by atoms with van der Waals surface area (Å²) in [7, 11) is 0. The fraction of sp³-hybridized carbons (Fsp3) is 0. The highest BCUT2D eigenvalue weighted by Gasteiger charge is 2.22. The zero-order chi connectivity index (χ0) is 28.8. The van der Waals surface area contributed by atoms with Gasteiger partial charge in [-0.25, -0.2) is 4.98 Å². The average molecular weight is 562 g/mol. The predicted octanol–water partition coefficient (Wildman–Crippen LogP) is 9.53. The van der Waals surface area contributed by atoms with Gasteiger partial charge in [0, 0.05) is 38.0 Å². The molecule has 0 unspecified atom stereocenters. The lowest BCUT2D eigenvalue weighted by Crippen LogP contribution is -2.04. The van der Waals surface area contributed by atoms with Crippen LogP contribution in [0.3, 0.4) is 0 Å². The molecule has 0 aliphatic carbocycles. The van der Waals surface area contributed by atoms with E-state index in [9.17, 15) is 0 Å². The van der Waals surface area contributed by atoms with Crippen LogP contribution in [0.25, 0.3) is 87.8 Å². The maximum absolute atomic E-state index is 5.28. The van der Waals surface area contributed by atoms with Crippen LogP contribution in [0.15, 0.2) is 140 Å². The molecule has 5 heteroatoms. The lowest BCUT2D eigenvalue weighted by Gasteiger charge is -2.11. The highest BCUT2D eigenvalue weighted by Crippen LogP contribution is 2.42. The summed E-state index contributed by atoms with van der Waals surface area (Å²) < 4.78 is 4.54. The average Bonchev–Trinajstić information content (AvgIpc) is 3.61. The molecule has 5 nitrogen and oxygen atoms in total. The molecule has 0 aliphatic heterocycles. The maximum atomic E-state index is 5.28. The number of nitrogens with zero attached hydrogens (tertiary/aromatic N) is 5. The summed E-state index contributed by atoms with van der Waals surface area (Å²) >= 11 is 0. The van der Waals surface area contributed by atoms with Gasteiger partial charge in [-0.3, -0.25) is 4.57 Å². The van der Waals surface area contributed by atoms with Crippen molar-refractivity contribution < 1.29 is 0 Å². The van der Waals surface area contributed by atoms with Gasteiger partial charge in [0.15, 0.2) is 0 Å². The van der Waals surface area contributed by atoms with E-state index in [0.29, 0.717) is 5.95 Å². The molecular formula is C39H23N5. The quantitative estimate of drug-likeness (QED) is 0.198. The maximum Gasteiger partial charge on any atom is 0.255 e. The first-order valence-electron chi connectivity index (χ1n) is 14.8. The Bertz CT molecular complexity index is 2740. The largest absolute Gasteiger partial charge is 0.309 e. The second-order valence-electron chi connectivity index (χ2n) is 11.3. The summed E-state index contributed by atoms with van der Waals surface area (Å²) in [5.74, 6) is 0.565. The normalized spacial score (nSPS) is 12.1. The van der Waals surface area contributed by atoms with E-state index >= 15 is 0 Å². The molecular weight excluding hydrogens is 538 g/mol. The molecule has 0 amide bonds. The third-order valence-electron chi connectivity index (χ3n) is 9.02. The van der Waals surface area contributed by atoms with Gasteiger partial charge in [0.2, 0.25) is 0 Å². The van der Waals surface area contributed by atoms with Crippen LogP contribution in [0.5, 0.6) is 0 Å². The van der Waals surface area contributed by atoms with E-state index in [2.05, 4.69) is 149 Å². The van der Waals surface area contributed by atoms with Gasteiger partial charge >= 0.3 is 0 Å². The van der Waals surface area contributed by atoms with Crippen molar-refractivity contribution in [2.24, 2.45) is 0 Å². The number of benzene rings is 7. The van der Waals surface area contributed by atoms with Crippen molar-refractivity contribution in [2.45, 2.75) is 0 Å². The molecule has 3 aromatic heterocycles. The molecule has 0 aliphatic rings. The lowest BCUT2D eigenvalue weighted by atomic mass is 10.00. The molecule has 10 aromatic rings. The van der Waals surface area contributed by atoms with Gasteiger partial charge in [0.1, 0.15) is 11.0 Å². The fourth-order valence-corrected chi connectivity index (χ4v) is 7.22. The van der Waals surface area contributed by atoms with Crippen molar-refractivity contribution in [3.8, 4) is 11.6 Å². The van der Waals surface area contributed by atoms with E-state index in [1.807, 2.05) is 0 Å². The highest BCUT2D eigenvalue weighted by molar-refractivity contribution is 6.29. The molecule has 0 spiro atoms. The van der Waals surface area contributed by atoms with Gasteiger partial charge in [-0.2, -0.15) is 0 Å². The van der Waals surface area contributed by atoms with E-state index in [1.165, 1.54) is 32.6 Å². The highest BCUT2D eigenvalue weighted by atomic mass is 15.3. The number of aromatic nitrogens is 5. The third-order valence-corrected chi connectivity index (χ3v) is 9.02. The Morgan fingerprint density at radius 3 is 1.45 bits per heavy atom. The Hall–Kier alpha value is -6.07. The van der Waals surface area contributed by atoms with Crippen LogP contribution in [-0.2, 0) is 0 Å². The molecule has 0 radical (unpaired) electrons. The van der Waals surface area contributed by atoms with Crippen molar-refractivity contribution in [3.05, 3.63) is 140 Å². The van der Waals surface area contributed by atoms with Crippen molar-refractivity contribution in [1.82, 2.24) is 24.3 Å². The van der Waals surface area contributed by atoms with Crippen LogP contribution < -0.4 is 0 Å². The number of fused-ring (bicyclic) bond motifs is 13. The first-order chi connectivity index (χ1) is 21.9. The molecule has 3 heterocycles. The van der Waals surface area contributed by atoms with E-state index in [4.69, 9.17) is 15.2 Å². The fourth-order valence-electron chi connectivity index (χ4n) is 7.22. The summed E-state index contributed by atoms with van der Waals surface area (Å²) in [6.07, 6.45) is 0. The van der Waals surface area contributed by atoms with Gasteiger partial charge in [0.05, 0.1) is 22.1 Å². The van der Waals surface area contributed by atoms with Gasteiger partial charge in [-0.1, -0.05) is 103 Å². The van der Waals surface area contributed by atoms with Gasteiger partial charge in [-0.05, 0) is 47.2 Å². The van der Waals surface area contributed by atoms with E-state index in [1.54, 1.807) is 0 Å². The van der Waals surface area contributed by atoms with E-state index in [-0.39, 0.29) is 0 Å². The summed E-state index contributed by atoms with van der Waals surface area (Å²) in [4.78, 5) is 5.28. The van der Waals surface area contributed by atoms with Crippen molar-refractivity contribution in [3.63, 3.8) is 0 Å². The molecule has 204 valence electrons. The summed E-state index contributed by atoms with van der Waals surface area (Å²) in [6, 6.07) is 49.1. The first-order valence-corrected chi connectivity index (χ1v) is 14.8. The van der Waals surface area contributed by atoms with Crippen LogP contribution in [0.4, 0.5) is 0 Å². The number of hydrogen-bond donors (Lipinski definition) is 0. The van der Waals surface area contributed by atoms with Gasteiger partial charge in [0.25, 0.3) is 5.95 Å². The summed E-state index contributed by atoms with van der Waals surface area (Å²) in [5.41, 5.74) is 7.28. The summed E-state index contributed by atoms with van der Waals surface area (Å²) in [6.45, 7) is 0. The van der Waals surface area contributed by atoms with Crippen LogP contribution in [0.1, 0.15) is 0 Å². The molecule has 7 aromatic carbocycles. The second-order valence-corrected chi connectivity index (χ2v) is 11.3. The molecule has 0 saturated heterocycles. The molecule has 0 N–H and O–H groups in total. The SMILES string of the molecule is c1ccc(-n2c3ccccc3c3c4c5ccccc5n(-c5nnc6c7ccccc7c7ccccc7c6n5)c4ccc32)cc1. The topological polar surface area (TPSA) is 48.5 Å². The minimum Gasteiger partial charge on any atom is -0.309 e. The predicted molar refractivity (Wildman–Crippen MR) is 181 cm³/mol. The Labute approximate surface area is 251 Å². The van der Waals surface area contributed by atoms with Crippen LogP contribution in [0, 0.1) is 0 Å². The van der Waals surface area contributed by atoms with Crippen LogP contribution >= 0.6 is 0 Å². The Morgan fingerprint density at radius 2 is 0.818 bits per heavy atom. The van der Waals surface area contributed by atoms with E-state index in [0.717, 1.165) is 49.3 Å².